The van der Waals surface area contributed by atoms with E-state index in [0.717, 1.165) is 18.8 Å². The van der Waals surface area contributed by atoms with Crippen molar-refractivity contribution in [2.75, 3.05) is 23.3 Å². The van der Waals surface area contributed by atoms with Crippen LogP contribution in [0.25, 0.3) is 0 Å². The van der Waals surface area contributed by atoms with Gasteiger partial charge in [0.05, 0.1) is 12.2 Å². The Morgan fingerprint density at radius 3 is 2.37 bits per heavy atom. The molecule has 1 heterocycles. The van der Waals surface area contributed by atoms with Gasteiger partial charge in [-0.1, -0.05) is 0 Å². The van der Waals surface area contributed by atoms with Crippen molar-refractivity contribution < 1.29 is 4.74 Å². The Morgan fingerprint density at radius 1 is 1.26 bits per heavy atom. The van der Waals surface area contributed by atoms with Crippen molar-refractivity contribution >= 4 is 28.7 Å². The largest absolute Gasteiger partial charge is 0.372 e. The number of ether oxygens (including phenoxy) is 1. The molecule has 1 saturated heterocycles. The van der Waals surface area contributed by atoms with Crippen LogP contribution in [-0.4, -0.2) is 30.4 Å². The fourth-order valence-electron chi connectivity index (χ4n) is 2.31. The first-order valence-electron chi connectivity index (χ1n) is 6.36. The number of anilines is 2. The van der Waals surface area contributed by atoms with Crippen LogP contribution in [-0.2, 0) is 4.74 Å². The van der Waals surface area contributed by atoms with Crippen LogP contribution in [0.5, 0.6) is 0 Å². The lowest BCUT2D eigenvalue weighted by Crippen LogP contribution is -2.45. The summed E-state index contributed by atoms with van der Waals surface area (Å²) in [5, 5.41) is 3.40. The van der Waals surface area contributed by atoms with Crippen LogP contribution >= 0.6 is 12.2 Å². The number of hydrogen-bond donors (Lipinski definition) is 3. The Labute approximate surface area is 119 Å². The summed E-state index contributed by atoms with van der Waals surface area (Å²) in [6.45, 7) is 6.04. The molecule has 1 aliphatic heterocycles. The molecular weight excluding hydrogens is 260 g/mol. The number of morpholine rings is 1. The fourth-order valence-corrected chi connectivity index (χ4v) is 2.43. The molecule has 0 aliphatic carbocycles. The molecule has 0 saturated carbocycles. The Kier molecular flexibility index (Phi) is 4.57. The Bertz CT molecular complexity index is 427. The van der Waals surface area contributed by atoms with Gasteiger partial charge in [0.1, 0.15) is 0 Å². The second kappa shape index (κ2) is 6.18. The topological polar surface area (TPSA) is 62.5 Å². The summed E-state index contributed by atoms with van der Waals surface area (Å²) in [4.78, 5) is 2.34. The predicted molar refractivity (Wildman–Crippen MR) is 82.2 cm³/mol. The van der Waals surface area contributed by atoms with Gasteiger partial charge < -0.3 is 20.4 Å². The van der Waals surface area contributed by atoms with Crippen LogP contribution in [0.4, 0.5) is 11.4 Å². The summed E-state index contributed by atoms with van der Waals surface area (Å²) >= 11 is 4.95. The van der Waals surface area contributed by atoms with Crippen molar-refractivity contribution in [3.05, 3.63) is 24.3 Å². The maximum Gasteiger partial charge on any atom is 0.185 e. The van der Waals surface area contributed by atoms with Crippen molar-refractivity contribution in [3.63, 3.8) is 0 Å². The van der Waals surface area contributed by atoms with Crippen LogP contribution in [0.2, 0.25) is 0 Å². The molecule has 1 aliphatic rings. The van der Waals surface area contributed by atoms with E-state index >= 15 is 0 Å². The van der Waals surface area contributed by atoms with E-state index in [0.29, 0.717) is 5.11 Å². The molecule has 104 valence electrons. The maximum atomic E-state index is 5.74. The molecule has 0 aromatic heterocycles. The van der Waals surface area contributed by atoms with E-state index in [2.05, 4.69) is 41.6 Å². The monoisotopic (exact) mass is 280 g/mol. The van der Waals surface area contributed by atoms with Crippen molar-refractivity contribution in [2.45, 2.75) is 26.1 Å². The van der Waals surface area contributed by atoms with E-state index in [-0.39, 0.29) is 12.2 Å². The van der Waals surface area contributed by atoms with Gasteiger partial charge in [-0.05, 0) is 50.3 Å². The number of thiocarbonyl (C=S) groups is 1. The third-order valence-electron chi connectivity index (χ3n) is 3.04. The average Bonchev–Trinajstić information content (AvgIpc) is 2.38. The molecule has 0 spiro atoms. The SMILES string of the molecule is C[C@@H]1CN(c2ccc(NC(=S)NN)cc2)C[C@@H](C)O1. The Hall–Kier alpha value is -1.37. The van der Waals surface area contributed by atoms with Gasteiger partial charge in [0.2, 0.25) is 0 Å². The minimum atomic E-state index is 0.260. The summed E-state index contributed by atoms with van der Waals surface area (Å²) in [6.07, 6.45) is 0.520. The molecule has 19 heavy (non-hydrogen) atoms. The van der Waals surface area contributed by atoms with E-state index in [1.807, 2.05) is 12.1 Å². The smallest absolute Gasteiger partial charge is 0.185 e. The van der Waals surface area contributed by atoms with E-state index in [9.17, 15) is 0 Å². The van der Waals surface area contributed by atoms with Gasteiger partial charge in [0, 0.05) is 24.5 Å². The highest BCUT2D eigenvalue weighted by molar-refractivity contribution is 7.80. The lowest BCUT2D eigenvalue weighted by Gasteiger charge is -2.36. The van der Waals surface area contributed by atoms with Crippen LogP contribution in [0.1, 0.15) is 13.8 Å². The number of hydrazine groups is 1. The molecule has 1 fully saturated rings. The van der Waals surface area contributed by atoms with Gasteiger partial charge in [0.25, 0.3) is 0 Å². The highest BCUT2D eigenvalue weighted by Gasteiger charge is 2.22. The summed E-state index contributed by atoms with van der Waals surface area (Å²) < 4.78 is 5.74. The van der Waals surface area contributed by atoms with Crippen molar-refractivity contribution in [1.82, 2.24) is 5.43 Å². The Balaban J connectivity index is 2.03. The maximum absolute atomic E-state index is 5.74. The molecule has 1 aromatic rings. The van der Waals surface area contributed by atoms with E-state index < -0.39 is 0 Å². The van der Waals surface area contributed by atoms with E-state index in [1.165, 1.54) is 5.69 Å². The lowest BCUT2D eigenvalue weighted by molar-refractivity contribution is -0.00521. The number of benzene rings is 1. The molecule has 1 aromatic carbocycles. The highest BCUT2D eigenvalue weighted by atomic mass is 32.1. The first-order chi connectivity index (χ1) is 9.08. The number of nitrogens with one attached hydrogen (secondary N) is 2. The average molecular weight is 280 g/mol. The van der Waals surface area contributed by atoms with Crippen molar-refractivity contribution in [1.29, 1.82) is 0 Å². The number of nitrogens with zero attached hydrogens (tertiary/aromatic N) is 1. The first kappa shape index (κ1) is 14.0. The normalized spacial score (nSPS) is 23.0. The quantitative estimate of drug-likeness (QED) is 0.433. The zero-order valence-electron chi connectivity index (χ0n) is 11.2. The van der Waals surface area contributed by atoms with Gasteiger partial charge >= 0.3 is 0 Å². The van der Waals surface area contributed by atoms with Crippen LogP contribution in [0.3, 0.4) is 0 Å². The third-order valence-corrected chi connectivity index (χ3v) is 3.26. The zero-order valence-corrected chi connectivity index (χ0v) is 12.0. The molecule has 2 rings (SSSR count). The van der Waals surface area contributed by atoms with E-state index in [4.69, 9.17) is 22.8 Å². The number of hydrogen-bond acceptors (Lipinski definition) is 4. The minimum Gasteiger partial charge on any atom is -0.372 e. The second-order valence-corrected chi connectivity index (χ2v) is 5.22. The van der Waals surface area contributed by atoms with Gasteiger partial charge in [-0.15, -0.1) is 0 Å². The molecule has 4 N–H and O–H groups in total. The number of rotatable bonds is 2. The van der Waals surface area contributed by atoms with Gasteiger partial charge in [0.15, 0.2) is 5.11 Å². The van der Waals surface area contributed by atoms with Crippen LogP contribution in [0, 0.1) is 0 Å². The summed E-state index contributed by atoms with van der Waals surface area (Å²) in [5.74, 6) is 5.22. The van der Waals surface area contributed by atoms with E-state index in [1.54, 1.807) is 0 Å². The highest BCUT2D eigenvalue weighted by Crippen LogP contribution is 2.22. The third kappa shape index (κ3) is 3.79. The molecule has 0 bridgehead atoms. The summed E-state index contributed by atoms with van der Waals surface area (Å²) in [6, 6.07) is 8.13. The molecule has 0 radical (unpaired) electrons. The summed E-state index contributed by atoms with van der Waals surface area (Å²) in [7, 11) is 0. The lowest BCUT2D eigenvalue weighted by atomic mass is 10.2. The molecule has 0 amide bonds. The van der Waals surface area contributed by atoms with Gasteiger partial charge in [-0.2, -0.15) is 0 Å². The number of nitrogens with two attached hydrogens (primary N) is 1. The molecule has 0 unspecified atom stereocenters. The molecule has 6 heteroatoms. The Morgan fingerprint density at radius 2 is 1.84 bits per heavy atom. The predicted octanol–water partition coefficient (Wildman–Crippen LogP) is 1.46. The standard InChI is InChI=1S/C13H20N4OS/c1-9-7-17(8-10(2)18-9)12-5-3-11(4-6-12)15-13(19)16-14/h3-6,9-10H,7-8,14H2,1-2H3,(H2,15,16,19)/t9-,10-/m1/s1. The molecule has 2 atom stereocenters. The van der Waals surface area contributed by atoms with Crippen LogP contribution in [0.15, 0.2) is 24.3 Å². The first-order valence-corrected chi connectivity index (χ1v) is 6.77. The second-order valence-electron chi connectivity index (χ2n) is 4.81. The molecule has 5 nitrogen and oxygen atoms in total. The van der Waals surface area contributed by atoms with Gasteiger partial charge in [-0.3, -0.25) is 0 Å². The van der Waals surface area contributed by atoms with Gasteiger partial charge in [-0.25, -0.2) is 5.84 Å². The summed E-state index contributed by atoms with van der Waals surface area (Å²) in [5.41, 5.74) is 4.51. The van der Waals surface area contributed by atoms with Crippen LogP contribution < -0.4 is 21.5 Å². The fraction of sp³-hybridized carbons (Fsp3) is 0.462. The van der Waals surface area contributed by atoms with Crippen molar-refractivity contribution in [2.24, 2.45) is 5.84 Å². The van der Waals surface area contributed by atoms with Crippen molar-refractivity contribution in [3.8, 4) is 0 Å². The zero-order chi connectivity index (χ0) is 13.8. The minimum absolute atomic E-state index is 0.260. The molecular formula is C13H20N4OS.